The van der Waals surface area contributed by atoms with Crippen LogP contribution in [0.15, 0.2) is 30.3 Å². The normalized spacial score (nSPS) is 11.3. The van der Waals surface area contributed by atoms with Crippen molar-refractivity contribution in [2.45, 2.75) is 26.8 Å². The van der Waals surface area contributed by atoms with Crippen LogP contribution >= 0.6 is 0 Å². The first-order chi connectivity index (χ1) is 5.30. The highest BCUT2D eigenvalue weighted by Gasteiger charge is 1.93. The summed E-state index contributed by atoms with van der Waals surface area (Å²) in [5.41, 5.74) is 6.81. The Kier molecular flexibility index (Phi) is 5.49. The second-order valence-electron chi connectivity index (χ2n) is 2.20. The first-order valence-electron chi connectivity index (χ1n) is 4.11. The van der Waals surface area contributed by atoms with Crippen LogP contribution in [0.4, 0.5) is 0 Å². The van der Waals surface area contributed by atoms with Crippen LogP contribution in [0.3, 0.4) is 0 Å². The van der Waals surface area contributed by atoms with E-state index < -0.39 is 0 Å². The van der Waals surface area contributed by atoms with Gasteiger partial charge in [-0.2, -0.15) is 0 Å². The number of benzene rings is 1. The van der Waals surface area contributed by atoms with Gasteiger partial charge in [-0.25, -0.2) is 0 Å². The van der Waals surface area contributed by atoms with Gasteiger partial charge in [0.15, 0.2) is 0 Å². The predicted octanol–water partition coefficient (Wildman–Crippen LogP) is 2.73. The van der Waals surface area contributed by atoms with Crippen molar-refractivity contribution < 1.29 is 0 Å². The molecule has 1 atom stereocenters. The molecule has 1 aromatic carbocycles. The van der Waals surface area contributed by atoms with E-state index in [9.17, 15) is 0 Å². The molecular formula is C10H17N. The van der Waals surface area contributed by atoms with E-state index in [-0.39, 0.29) is 6.04 Å². The molecule has 0 amide bonds. The van der Waals surface area contributed by atoms with E-state index in [1.165, 1.54) is 5.56 Å². The summed E-state index contributed by atoms with van der Waals surface area (Å²) >= 11 is 0. The first-order valence-corrected chi connectivity index (χ1v) is 4.11. The van der Waals surface area contributed by atoms with Crippen LogP contribution in [-0.4, -0.2) is 0 Å². The van der Waals surface area contributed by atoms with Gasteiger partial charge in [-0.15, -0.1) is 0 Å². The van der Waals surface area contributed by atoms with Crippen molar-refractivity contribution in [1.82, 2.24) is 0 Å². The minimum absolute atomic E-state index is 0.159. The molecule has 62 valence electrons. The van der Waals surface area contributed by atoms with Gasteiger partial charge in [0.2, 0.25) is 0 Å². The van der Waals surface area contributed by atoms with Crippen molar-refractivity contribution in [2.24, 2.45) is 5.73 Å². The van der Waals surface area contributed by atoms with Crippen LogP contribution in [0, 0.1) is 0 Å². The van der Waals surface area contributed by atoms with Crippen molar-refractivity contribution in [3.8, 4) is 0 Å². The Morgan fingerprint density at radius 3 is 1.82 bits per heavy atom. The molecule has 0 heterocycles. The first kappa shape index (κ1) is 10.2. The standard InChI is InChI=1S/C8H11N.C2H6/c1-7(9)8-5-3-2-4-6-8;1-2/h2-7H,9H2,1H3;1-2H3/t7-;/m0./s1. The van der Waals surface area contributed by atoms with Crippen molar-refractivity contribution in [3.05, 3.63) is 35.9 Å². The van der Waals surface area contributed by atoms with Crippen LogP contribution in [0.2, 0.25) is 0 Å². The molecule has 0 saturated carbocycles. The Morgan fingerprint density at radius 1 is 1.09 bits per heavy atom. The van der Waals surface area contributed by atoms with E-state index in [4.69, 9.17) is 5.73 Å². The Hall–Kier alpha value is -0.820. The van der Waals surface area contributed by atoms with Crippen molar-refractivity contribution >= 4 is 0 Å². The lowest BCUT2D eigenvalue weighted by atomic mass is 10.1. The smallest absolute Gasteiger partial charge is 0.0266 e. The molecule has 0 bridgehead atoms. The molecule has 0 aromatic heterocycles. The van der Waals surface area contributed by atoms with Gasteiger partial charge in [-0.1, -0.05) is 44.2 Å². The van der Waals surface area contributed by atoms with Crippen molar-refractivity contribution in [3.63, 3.8) is 0 Å². The molecule has 0 aliphatic carbocycles. The molecule has 1 heteroatoms. The van der Waals surface area contributed by atoms with Crippen LogP contribution in [0.5, 0.6) is 0 Å². The molecule has 1 nitrogen and oxygen atoms in total. The summed E-state index contributed by atoms with van der Waals surface area (Å²) in [5, 5.41) is 0. The van der Waals surface area contributed by atoms with Gasteiger partial charge in [0.25, 0.3) is 0 Å². The van der Waals surface area contributed by atoms with Gasteiger partial charge in [0.1, 0.15) is 0 Å². The summed E-state index contributed by atoms with van der Waals surface area (Å²) in [7, 11) is 0. The van der Waals surface area contributed by atoms with E-state index in [2.05, 4.69) is 0 Å². The minimum Gasteiger partial charge on any atom is -0.324 e. The van der Waals surface area contributed by atoms with Crippen LogP contribution in [0.1, 0.15) is 32.4 Å². The zero-order valence-electron chi connectivity index (χ0n) is 7.54. The Labute approximate surface area is 69.2 Å². The Balaban J connectivity index is 0.000000461. The molecule has 0 saturated heterocycles. The molecule has 0 radical (unpaired) electrons. The van der Waals surface area contributed by atoms with Gasteiger partial charge in [-0.3, -0.25) is 0 Å². The molecule has 2 N–H and O–H groups in total. The van der Waals surface area contributed by atoms with Gasteiger partial charge in [-0.05, 0) is 12.5 Å². The summed E-state index contributed by atoms with van der Waals surface area (Å²) in [6, 6.07) is 10.2. The minimum atomic E-state index is 0.159. The average Bonchev–Trinajstić information content (AvgIpc) is 2.10. The van der Waals surface area contributed by atoms with Gasteiger partial charge in [0.05, 0.1) is 0 Å². The highest BCUT2D eigenvalue weighted by Crippen LogP contribution is 2.06. The van der Waals surface area contributed by atoms with E-state index in [0.717, 1.165) is 0 Å². The summed E-state index contributed by atoms with van der Waals surface area (Å²) in [6.07, 6.45) is 0. The topological polar surface area (TPSA) is 26.0 Å². The van der Waals surface area contributed by atoms with E-state index in [0.29, 0.717) is 0 Å². The highest BCUT2D eigenvalue weighted by molar-refractivity contribution is 5.17. The van der Waals surface area contributed by atoms with Gasteiger partial charge >= 0.3 is 0 Å². The predicted molar refractivity (Wildman–Crippen MR) is 50.4 cm³/mol. The lowest BCUT2D eigenvalue weighted by Gasteiger charge is -2.02. The maximum atomic E-state index is 5.61. The molecule has 0 fully saturated rings. The molecule has 1 aromatic rings. The molecule has 0 unspecified atom stereocenters. The number of rotatable bonds is 1. The zero-order chi connectivity index (χ0) is 8.69. The van der Waals surface area contributed by atoms with Gasteiger partial charge < -0.3 is 5.73 Å². The van der Waals surface area contributed by atoms with E-state index in [1.807, 2.05) is 51.1 Å². The molecule has 0 aliphatic heterocycles. The third-order valence-electron chi connectivity index (χ3n) is 1.33. The summed E-state index contributed by atoms with van der Waals surface area (Å²) in [4.78, 5) is 0. The monoisotopic (exact) mass is 151 g/mol. The zero-order valence-corrected chi connectivity index (χ0v) is 7.54. The number of nitrogens with two attached hydrogens (primary N) is 1. The third-order valence-corrected chi connectivity index (χ3v) is 1.33. The Bertz CT molecular complexity index is 167. The Morgan fingerprint density at radius 2 is 1.55 bits per heavy atom. The van der Waals surface area contributed by atoms with Crippen LogP contribution in [-0.2, 0) is 0 Å². The molecule has 11 heavy (non-hydrogen) atoms. The third kappa shape index (κ3) is 3.79. The summed E-state index contributed by atoms with van der Waals surface area (Å²) in [5.74, 6) is 0. The van der Waals surface area contributed by atoms with Crippen LogP contribution in [0.25, 0.3) is 0 Å². The quantitative estimate of drug-likeness (QED) is 0.656. The lowest BCUT2D eigenvalue weighted by Crippen LogP contribution is -2.03. The van der Waals surface area contributed by atoms with Crippen molar-refractivity contribution in [1.29, 1.82) is 0 Å². The highest BCUT2D eigenvalue weighted by atomic mass is 14.6. The van der Waals surface area contributed by atoms with Crippen LogP contribution < -0.4 is 5.73 Å². The van der Waals surface area contributed by atoms with Crippen molar-refractivity contribution in [2.75, 3.05) is 0 Å². The second-order valence-corrected chi connectivity index (χ2v) is 2.20. The molecule has 0 aliphatic rings. The summed E-state index contributed by atoms with van der Waals surface area (Å²) in [6.45, 7) is 5.98. The number of hydrogen-bond donors (Lipinski definition) is 1. The summed E-state index contributed by atoms with van der Waals surface area (Å²) < 4.78 is 0. The van der Waals surface area contributed by atoms with E-state index in [1.54, 1.807) is 0 Å². The van der Waals surface area contributed by atoms with Gasteiger partial charge in [0, 0.05) is 6.04 Å². The molecule has 0 spiro atoms. The molecule has 1 rings (SSSR count). The largest absolute Gasteiger partial charge is 0.324 e. The van der Waals surface area contributed by atoms with E-state index >= 15 is 0 Å². The number of hydrogen-bond acceptors (Lipinski definition) is 1. The fourth-order valence-electron chi connectivity index (χ4n) is 0.757. The lowest BCUT2D eigenvalue weighted by molar-refractivity contribution is 0.818. The maximum absolute atomic E-state index is 5.61. The SMILES string of the molecule is CC.C[C@H](N)c1ccccc1. The maximum Gasteiger partial charge on any atom is 0.0266 e. The fourth-order valence-corrected chi connectivity index (χ4v) is 0.757. The molecular weight excluding hydrogens is 134 g/mol. The average molecular weight is 151 g/mol. The second kappa shape index (κ2) is 5.93. The fraction of sp³-hybridized carbons (Fsp3) is 0.400.